The van der Waals surface area contributed by atoms with Gasteiger partial charge in [-0.25, -0.2) is 4.39 Å². The molecule has 2 N–H and O–H groups in total. The third-order valence-corrected chi connectivity index (χ3v) is 1.72. The lowest BCUT2D eigenvalue weighted by atomic mass is 10.1. The largest absolute Gasteiger partial charge is 0.497 e. The van der Waals surface area contributed by atoms with Gasteiger partial charge in [-0.05, 0) is 13.0 Å². The summed E-state index contributed by atoms with van der Waals surface area (Å²) < 4.78 is 17.8. The van der Waals surface area contributed by atoms with Crippen LogP contribution < -0.4 is 10.5 Å². The molecule has 0 unspecified atom stereocenters. The lowest BCUT2D eigenvalue weighted by molar-refractivity contribution is 0.101. The van der Waals surface area contributed by atoms with E-state index in [-0.39, 0.29) is 22.8 Å². The summed E-state index contributed by atoms with van der Waals surface area (Å²) in [5.74, 6) is -0.628. The molecule has 3 nitrogen and oxygen atoms in total. The molecule has 0 saturated carbocycles. The van der Waals surface area contributed by atoms with Gasteiger partial charge in [0.05, 0.1) is 12.8 Å². The van der Waals surface area contributed by atoms with E-state index >= 15 is 0 Å². The van der Waals surface area contributed by atoms with Gasteiger partial charge < -0.3 is 10.5 Å². The van der Waals surface area contributed by atoms with Gasteiger partial charge in [0, 0.05) is 11.6 Å². The molecule has 13 heavy (non-hydrogen) atoms. The average molecular weight is 183 g/mol. The number of carbonyl (C=O) groups is 1. The van der Waals surface area contributed by atoms with Gasteiger partial charge in [-0.1, -0.05) is 0 Å². The highest BCUT2D eigenvalue weighted by molar-refractivity contribution is 5.99. The summed E-state index contributed by atoms with van der Waals surface area (Å²) in [5, 5.41) is 0. The highest BCUT2D eigenvalue weighted by atomic mass is 19.1. The first kappa shape index (κ1) is 9.51. The third kappa shape index (κ3) is 1.77. The molecule has 0 amide bonds. The molecule has 0 heterocycles. The number of Topliss-reactive ketones (excluding diaryl/α,β-unsaturated/α-hetero) is 1. The standard InChI is InChI=1S/C9H10FNO2/c1-5(12)7-3-6(13-2)4-8(10)9(7)11/h3-4H,11H2,1-2H3. The van der Waals surface area contributed by atoms with Crippen molar-refractivity contribution in [2.75, 3.05) is 12.8 Å². The molecule has 0 fully saturated rings. The second-order valence-electron chi connectivity index (χ2n) is 2.63. The molecule has 0 aromatic heterocycles. The zero-order valence-electron chi connectivity index (χ0n) is 7.43. The van der Waals surface area contributed by atoms with Crippen molar-refractivity contribution in [1.82, 2.24) is 0 Å². The van der Waals surface area contributed by atoms with E-state index in [1.165, 1.54) is 20.1 Å². The van der Waals surface area contributed by atoms with Crippen molar-refractivity contribution in [2.24, 2.45) is 0 Å². The molecule has 0 aliphatic rings. The SMILES string of the molecule is COc1cc(F)c(N)c(C(C)=O)c1. The molecule has 70 valence electrons. The van der Waals surface area contributed by atoms with E-state index in [4.69, 9.17) is 10.5 Å². The molecule has 0 saturated heterocycles. The fourth-order valence-electron chi connectivity index (χ4n) is 1.00. The lowest BCUT2D eigenvalue weighted by Crippen LogP contribution is -2.03. The maximum absolute atomic E-state index is 13.0. The summed E-state index contributed by atoms with van der Waals surface area (Å²) in [5.41, 5.74) is 5.37. The van der Waals surface area contributed by atoms with Crippen LogP contribution in [-0.2, 0) is 0 Å². The van der Waals surface area contributed by atoms with Gasteiger partial charge in [-0.15, -0.1) is 0 Å². The number of methoxy groups -OCH3 is 1. The van der Waals surface area contributed by atoms with Crippen LogP contribution in [0.5, 0.6) is 5.75 Å². The van der Waals surface area contributed by atoms with Crippen LogP contribution in [0, 0.1) is 5.82 Å². The van der Waals surface area contributed by atoms with E-state index < -0.39 is 5.82 Å². The number of anilines is 1. The molecule has 1 aromatic carbocycles. The van der Waals surface area contributed by atoms with Gasteiger partial charge in [-0.3, -0.25) is 4.79 Å². The minimum Gasteiger partial charge on any atom is -0.497 e. The summed E-state index contributed by atoms with van der Waals surface area (Å²) in [6.45, 7) is 1.32. The number of hydrogen-bond acceptors (Lipinski definition) is 3. The first-order valence-corrected chi connectivity index (χ1v) is 3.70. The number of hydrogen-bond donors (Lipinski definition) is 1. The zero-order valence-corrected chi connectivity index (χ0v) is 7.43. The molecule has 4 heteroatoms. The molecule has 0 radical (unpaired) electrons. The maximum atomic E-state index is 13.0. The van der Waals surface area contributed by atoms with Gasteiger partial charge in [0.15, 0.2) is 11.6 Å². The molecule has 1 aromatic rings. The van der Waals surface area contributed by atoms with Crippen LogP contribution in [0.4, 0.5) is 10.1 Å². The monoisotopic (exact) mass is 183 g/mol. The number of rotatable bonds is 2. The van der Waals surface area contributed by atoms with Crippen LogP contribution in [0.3, 0.4) is 0 Å². The Bertz CT molecular complexity index is 350. The number of nitrogen functional groups attached to an aromatic ring is 1. The van der Waals surface area contributed by atoms with Gasteiger partial charge in [0.2, 0.25) is 0 Å². The highest BCUT2D eigenvalue weighted by Gasteiger charge is 2.11. The molecule has 0 bridgehead atoms. The van der Waals surface area contributed by atoms with E-state index in [2.05, 4.69) is 0 Å². The molecule has 0 aliphatic carbocycles. The highest BCUT2D eigenvalue weighted by Crippen LogP contribution is 2.23. The molecule has 0 atom stereocenters. The fourth-order valence-corrected chi connectivity index (χ4v) is 1.00. The van der Waals surface area contributed by atoms with E-state index in [1.54, 1.807) is 0 Å². The van der Waals surface area contributed by atoms with Crippen molar-refractivity contribution in [3.05, 3.63) is 23.5 Å². The van der Waals surface area contributed by atoms with Crippen LogP contribution in [0.2, 0.25) is 0 Å². The summed E-state index contributed by atoms with van der Waals surface area (Å²) in [4.78, 5) is 11.0. The van der Waals surface area contributed by atoms with Gasteiger partial charge in [-0.2, -0.15) is 0 Å². The van der Waals surface area contributed by atoms with Crippen LogP contribution in [-0.4, -0.2) is 12.9 Å². The summed E-state index contributed by atoms with van der Waals surface area (Å²) in [6.07, 6.45) is 0. The Morgan fingerprint density at radius 1 is 1.54 bits per heavy atom. The topological polar surface area (TPSA) is 52.3 Å². The Labute approximate surface area is 75.3 Å². The number of nitrogens with two attached hydrogens (primary N) is 1. The summed E-state index contributed by atoms with van der Waals surface area (Å²) >= 11 is 0. The quantitative estimate of drug-likeness (QED) is 0.560. The number of ether oxygens (including phenoxy) is 1. The second kappa shape index (κ2) is 3.43. The predicted molar refractivity (Wildman–Crippen MR) is 47.4 cm³/mol. The fraction of sp³-hybridized carbons (Fsp3) is 0.222. The Kier molecular flexibility index (Phi) is 2.51. The van der Waals surface area contributed by atoms with Gasteiger partial charge in [0.25, 0.3) is 0 Å². The van der Waals surface area contributed by atoms with Crippen LogP contribution in [0.1, 0.15) is 17.3 Å². The van der Waals surface area contributed by atoms with Crippen LogP contribution >= 0.6 is 0 Å². The minimum absolute atomic E-state index is 0.131. The van der Waals surface area contributed by atoms with E-state index in [0.717, 1.165) is 6.07 Å². The molecule has 1 rings (SSSR count). The Morgan fingerprint density at radius 2 is 2.15 bits per heavy atom. The van der Waals surface area contributed by atoms with Crippen molar-refractivity contribution in [3.8, 4) is 5.75 Å². The Hall–Kier alpha value is -1.58. The van der Waals surface area contributed by atoms with Crippen molar-refractivity contribution >= 4 is 11.5 Å². The van der Waals surface area contributed by atoms with Crippen LogP contribution in [0.15, 0.2) is 12.1 Å². The molecule has 0 spiro atoms. The molecule has 0 aliphatic heterocycles. The normalized spacial score (nSPS) is 9.77. The van der Waals surface area contributed by atoms with Crippen molar-refractivity contribution in [3.63, 3.8) is 0 Å². The molecular formula is C9H10FNO2. The lowest BCUT2D eigenvalue weighted by Gasteiger charge is -2.06. The van der Waals surface area contributed by atoms with Crippen LogP contribution in [0.25, 0.3) is 0 Å². The number of halogens is 1. The predicted octanol–water partition coefficient (Wildman–Crippen LogP) is 1.62. The van der Waals surface area contributed by atoms with Crippen molar-refractivity contribution in [2.45, 2.75) is 6.92 Å². The average Bonchev–Trinajstić information content (AvgIpc) is 2.09. The first-order chi connectivity index (χ1) is 6.06. The minimum atomic E-state index is -0.635. The van der Waals surface area contributed by atoms with E-state index in [9.17, 15) is 9.18 Å². The Balaban J connectivity index is 3.33. The number of carbonyl (C=O) groups excluding carboxylic acids is 1. The number of benzene rings is 1. The van der Waals surface area contributed by atoms with Crippen molar-refractivity contribution < 1.29 is 13.9 Å². The number of ketones is 1. The zero-order chi connectivity index (χ0) is 10.0. The van der Waals surface area contributed by atoms with Gasteiger partial charge >= 0.3 is 0 Å². The summed E-state index contributed by atoms with van der Waals surface area (Å²) in [6, 6.07) is 2.56. The van der Waals surface area contributed by atoms with E-state index in [0.29, 0.717) is 0 Å². The second-order valence-corrected chi connectivity index (χ2v) is 2.63. The van der Waals surface area contributed by atoms with Gasteiger partial charge in [0.1, 0.15) is 5.75 Å². The molecular weight excluding hydrogens is 173 g/mol. The smallest absolute Gasteiger partial charge is 0.162 e. The first-order valence-electron chi connectivity index (χ1n) is 3.70. The van der Waals surface area contributed by atoms with Crippen molar-refractivity contribution in [1.29, 1.82) is 0 Å². The summed E-state index contributed by atoms with van der Waals surface area (Å²) in [7, 11) is 1.40. The maximum Gasteiger partial charge on any atom is 0.162 e. The Morgan fingerprint density at radius 3 is 2.62 bits per heavy atom. The third-order valence-electron chi connectivity index (χ3n) is 1.72. The van der Waals surface area contributed by atoms with E-state index in [1.807, 2.05) is 0 Å².